The molecule has 0 aliphatic carbocycles. The lowest BCUT2D eigenvalue weighted by Crippen LogP contribution is -2.23. The molecule has 250 valence electrons. The summed E-state index contributed by atoms with van der Waals surface area (Å²) in [7, 11) is 3.94. The average Bonchev–Trinajstić information content (AvgIpc) is 3.78. The van der Waals surface area contributed by atoms with E-state index in [-0.39, 0.29) is 41.9 Å². The van der Waals surface area contributed by atoms with Crippen molar-refractivity contribution in [2.24, 2.45) is 26.8 Å². The quantitative estimate of drug-likeness (QED) is 0.192. The van der Waals surface area contributed by atoms with Gasteiger partial charge in [-0.15, -0.1) is 0 Å². The zero-order chi connectivity index (χ0) is 34.9. The second-order valence-electron chi connectivity index (χ2n) is 11.9. The van der Waals surface area contributed by atoms with E-state index >= 15 is 0 Å². The Kier molecular flexibility index (Phi) is 9.79. The number of esters is 3. The Balaban J connectivity index is 1.88. The highest BCUT2D eigenvalue weighted by Gasteiger charge is 2.40. The summed E-state index contributed by atoms with van der Waals surface area (Å²) in [5.74, 6) is -1.95. The van der Waals surface area contributed by atoms with E-state index in [1.54, 1.807) is 19.1 Å². The molecule has 8 bridgehead atoms. The third-order valence-corrected chi connectivity index (χ3v) is 9.39. The van der Waals surface area contributed by atoms with Crippen molar-refractivity contribution < 1.29 is 33.7 Å². The number of aliphatic hydroxyl groups is 1. The molecule has 11 nitrogen and oxygen atoms in total. The van der Waals surface area contributed by atoms with Gasteiger partial charge >= 0.3 is 17.9 Å². The number of aliphatic hydroxyl groups excluding tert-OH is 1. The number of aliphatic imine (C=N–C) groups is 3. The summed E-state index contributed by atoms with van der Waals surface area (Å²) in [6, 6.07) is 0. The Labute approximate surface area is 279 Å². The number of allylic oxidation sites excluding steroid dienone is 10. The van der Waals surface area contributed by atoms with Crippen molar-refractivity contribution >= 4 is 35.0 Å². The number of carbonyl (C=O) groups excluding carboxylic acids is 3. The molecule has 0 spiro atoms. The van der Waals surface area contributed by atoms with Gasteiger partial charge < -0.3 is 24.6 Å². The molecule has 5 aliphatic rings. The molecular formula is C37H40N4O7. The van der Waals surface area contributed by atoms with Crippen LogP contribution in [0.5, 0.6) is 0 Å². The number of ether oxygens (including phenoxy) is 3. The van der Waals surface area contributed by atoms with Gasteiger partial charge in [0.1, 0.15) is 0 Å². The van der Waals surface area contributed by atoms with Gasteiger partial charge in [-0.1, -0.05) is 26.5 Å². The average molecular weight is 653 g/mol. The van der Waals surface area contributed by atoms with Crippen molar-refractivity contribution in [2.45, 2.75) is 53.4 Å². The minimum atomic E-state index is -0.617. The van der Waals surface area contributed by atoms with Gasteiger partial charge in [0.25, 0.3) is 0 Å². The van der Waals surface area contributed by atoms with E-state index in [9.17, 15) is 19.5 Å². The third kappa shape index (κ3) is 5.96. The van der Waals surface area contributed by atoms with Crippen LogP contribution in [0.1, 0.15) is 53.4 Å². The molecule has 0 radical (unpaired) electrons. The zero-order valence-corrected chi connectivity index (χ0v) is 28.3. The van der Waals surface area contributed by atoms with Crippen LogP contribution in [-0.4, -0.2) is 61.5 Å². The van der Waals surface area contributed by atoms with Gasteiger partial charge in [-0.05, 0) is 61.6 Å². The largest absolute Gasteiger partial charge is 0.515 e. The maximum Gasteiger partial charge on any atom is 0.340 e. The van der Waals surface area contributed by atoms with Crippen molar-refractivity contribution in [3.8, 4) is 0 Å². The van der Waals surface area contributed by atoms with Gasteiger partial charge in [-0.2, -0.15) is 0 Å². The molecular weight excluding hydrogens is 612 g/mol. The maximum atomic E-state index is 13.4. The summed E-state index contributed by atoms with van der Waals surface area (Å²) in [4.78, 5) is 53.6. The van der Waals surface area contributed by atoms with Crippen LogP contribution in [-0.2, 0) is 28.6 Å². The number of methoxy groups -OCH3 is 3. The third-order valence-electron chi connectivity index (χ3n) is 9.39. The second-order valence-corrected chi connectivity index (χ2v) is 11.9. The minimum absolute atomic E-state index is 0.133. The highest BCUT2D eigenvalue weighted by atomic mass is 16.5. The van der Waals surface area contributed by atoms with Crippen LogP contribution in [0.25, 0.3) is 0 Å². The molecule has 2 N–H and O–H groups in total. The van der Waals surface area contributed by atoms with Crippen molar-refractivity contribution in [1.29, 1.82) is 0 Å². The topological polar surface area (TPSA) is 148 Å². The summed E-state index contributed by atoms with van der Waals surface area (Å²) < 4.78 is 15.3. The van der Waals surface area contributed by atoms with Crippen LogP contribution in [0.2, 0.25) is 0 Å². The Morgan fingerprint density at radius 3 is 2.29 bits per heavy atom. The first-order chi connectivity index (χ1) is 23.0. The Hall–Kier alpha value is -5.32. The molecule has 0 aromatic carbocycles. The van der Waals surface area contributed by atoms with Gasteiger partial charge in [-0.3, -0.25) is 9.59 Å². The maximum absolute atomic E-state index is 13.4. The SMILES string of the molecule is C=CC1=C(C)C2=NC1=CC1=NC(=C(CC)/C1=C\O)C=C1N=C(C(CC(=O)OC)=C3NC(=C2)[C@@H](C)[C@@H]3CCC(=O)OC)C(C(=O)OC)=C1C. The first-order valence-electron chi connectivity index (χ1n) is 15.8. The number of nitrogens with one attached hydrogen (secondary N) is 1. The molecule has 5 rings (SSSR count). The lowest BCUT2D eigenvalue weighted by Gasteiger charge is -2.19. The molecule has 0 aromatic rings. The highest BCUT2D eigenvalue weighted by Crippen LogP contribution is 2.43. The molecule has 0 aromatic heterocycles. The fourth-order valence-corrected chi connectivity index (χ4v) is 6.68. The van der Waals surface area contributed by atoms with Gasteiger partial charge in [0.15, 0.2) is 0 Å². The Morgan fingerprint density at radius 1 is 0.938 bits per heavy atom. The number of hydrogen-bond acceptors (Lipinski definition) is 11. The summed E-state index contributed by atoms with van der Waals surface area (Å²) in [6.07, 6.45) is 9.23. The van der Waals surface area contributed by atoms with Crippen LogP contribution in [0.4, 0.5) is 0 Å². The molecule has 0 saturated carbocycles. The van der Waals surface area contributed by atoms with E-state index in [1.807, 2.05) is 32.9 Å². The van der Waals surface area contributed by atoms with Gasteiger partial charge in [0, 0.05) is 46.4 Å². The van der Waals surface area contributed by atoms with Crippen LogP contribution in [0, 0.1) is 11.8 Å². The lowest BCUT2D eigenvalue weighted by molar-refractivity contribution is -0.141. The number of fused-ring (bicyclic) bond motifs is 5. The highest BCUT2D eigenvalue weighted by molar-refractivity contribution is 6.30. The van der Waals surface area contributed by atoms with E-state index in [1.165, 1.54) is 21.3 Å². The van der Waals surface area contributed by atoms with Crippen molar-refractivity contribution in [3.05, 3.63) is 105 Å². The standard InChI is InChI=1S/C37H40N4O7/c1-9-21-18(3)26-14-27-19(4)23(11-12-32(43)46-6)35(40-27)24(13-33(44)47-7)36-34(37(45)48-8)20(5)28(41-36)15-30-22(10-2)25(17-42)31(39-30)16-29(21)38-26/h9,14-17,19,23,40,42H,1,10-13H2,2-8H3/b25-17+,27-14?,28-15?,29-16?,35-24?/t19-,23-/m0/s1. The first kappa shape index (κ1) is 34.0. The van der Waals surface area contributed by atoms with E-state index in [2.05, 4.69) is 11.9 Å². The van der Waals surface area contributed by atoms with Crippen LogP contribution in [0.15, 0.2) is 120 Å². The van der Waals surface area contributed by atoms with Gasteiger partial charge in [0.2, 0.25) is 0 Å². The van der Waals surface area contributed by atoms with E-state index in [4.69, 9.17) is 29.2 Å². The fourth-order valence-electron chi connectivity index (χ4n) is 6.68. The predicted molar refractivity (Wildman–Crippen MR) is 183 cm³/mol. The number of nitrogens with zero attached hydrogens (tertiary/aromatic N) is 3. The molecule has 11 heteroatoms. The molecule has 1 fully saturated rings. The van der Waals surface area contributed by atoms with Crippen LogP contribution >= 0.6 is 0 Å². The minimum Gasteiger partial charge on any atom is -0.515 e. The normalized spacial score (nSPS) is 22.6. The van der Waals surface area contributed by atoms with E-state index in [0.717, 1.165) is 28.7 Å². The van der Waals surface area contributed by atoms with Crippen molar-refractivity contribution in [2.75, 3.05) is 21.3 Å². The summed E-state index contributed by atoms with van der Waals surface area (Å²) >= 11 is 0. The van der Waals surface area contributed by atoms with Crippen LogP contribution < -0.4 is 5.32 Å². The molecule has 48 heavy (non-hydrogen) atoms. The second kappa shape index (κ2) is 13.8. The smallest absolute Gasteiger partial charge is 0.340 e. The molecule has 2 atom stereocenters. The zero-order valence-electron chi connectivity index (χ0n) is 28.3. The van der Waals surface area contributed by atoms with Crippen LogP contribution in [0.3, 0.4) is 0 Å². The number of hydrogen-bond donors (Lipinski definition) is 2. The summed E-state index contributed by atoms with van der Waals surface area (Å²) in [5, 5.41) is 13.9. The van der Waals surface area contributed by atoms with Gasteiger partial charge in [0.05, 0.1) is 73.8 Å². The lowest BCUT2D eigenvalue weighted by atomic mass is 9.84. The monoisotopic (exact) mass is 652 g/mol. The van der Waals surface area contributed by atoms with E-state index in [0.29, 0.717) is 63.8 Å². The number of rotatable bonds is 8. The number of carbonyl (C=O) groups is 3. The van der Waals surface area contributed by atoms with Crippen molar-refractivity contribution in [3.63, 3.8) is 0 Å². The molecule has 0 unspecified atom stereocenters. The van der Waals surface area contributed by atoms with E-state index < -0.39 is 11.9 Å². The van der Waals surface area contributed by atoms with Gasteiger partial charge in [-0.25, -0.2) is 19.8 Å². The molecule has 5 heterocycles. The molecule has 5 aliphatic heterocycles. The predicted octanol–water partition coefficient (Wildman–Crippen LogP) is 5.74. The Bertz CT molecular complexity index is 1870. The van der Waals surface area contributed by atoms with Crippen molar-refractivity contribution in [1.82, 2.24) is 5.32 Å². The summed E-state index contributed by atoms with van der Waals surface area (Å²) in [6.45, 7) is 11.8. The first-order valence-corrected chi connectivity index (χ1v) is 15.8. The summed E-state index contributed by atoms with van der Waals surface area (Å²) in [5.41, 5.74) is 8.86. The Morgan fingerprint density at radius 2 is 1.67 bits per heavy atom. The fraction of sp³-hybridized carbons (Fsp3) is 0.351. The molecule has 0 amide bonds. The molecule has 1 saturated heterocycles.